The normalized spacial score (nSPS) is 14.5. The van der Waals surface area contributed by atoms with Gasteiger partial charge in [0.1, 0.15) is 0 Å². The van der Waals surface area contributed by atoms with Crippen molar-refractivity contribution in [2.75, 3.05) is 31.2 Å². The van der Waals surface area contributed by atoms with E-state index in [1.54, 1.807) is 4.57 Å². The van der Waals surface area contributed by atoms with Crippen LogP contribution >= 0.6 is 12.2 Å². The maximum absolute atomic E-state index is 10.7. The Labute approximate surface area is 164 Å². The second-order valence-corrected chi connectivity index (χ2v) is 7.18. The van der Waals surface area contributed by atoms with Crippen LogP contribution in [0.2, 0.25) is 0 Å². The standard InChI is InChI=1S/C21H23N3O2S/c1-15-4-3-5-19(14-15)24-20(25)16(2)23(21(24)27)18-8-6-17(7-9-18)22-10-12-26-13-11-22/h3-9,14,25H,10-13H2,1-2H3. The third kappa shape index (κ3) is 3.26. The summed E-state index contributed by atoms with van der Waals surface area (Å²) >= 11 is 5.70. The predicted molar refractivity (Wildman–Crippen MR) is 110 cm³/mol. The summed E-state index contributed by atoms with van der Waals surface area (Å²) in [5.74, 6) is 0.169. The Morgan fingerprint density at radius 2 is 1.56 bits per heavy atom. The van der Waals surface area contributed by atoms with Gasteiger partial charge in [-0.25, -0.2) is 0 Å². The highest BCUT2D eigenvalue weighted by Gasteiger charge is 2.17. The van der Waals surface area contributed by atoms with Crippen molar-refractivity contribution in [2.24, 2.45) is 0 Å². The van der Waals surface area contributed by atoms with Gasteiger partial charge in [0, 0.05) is 24.5 Å². The Hall–Kier alpha value is -2.57. The molecule has 0 saturated carbocycles. The topological polar surface area (TPSA) is 42.6 Å². The van der Waals surface area contributed by atoms with E-state index in [0.29, 0.717) is 4.77 Å². The number of aromatic nitrogens is 2. The minimum atomic E-state index is 0.169. The molecule has 0 aliphatic carbocycles. The minimum Gasteiger partial charge on any atom is -0.493 e. The van der Waals surface area contributed by atoms with E-state index in [4.69, 9.17) is 17.0 Å². The smallest absolute Gasteiger partial charge is 0.218 e. The first-order valence-electron chi connectivity index (χ1n) is 9.10. The number of nitrogens with zero attached hydrogens (tertiary/aromatic N) is 3. The predicted octanol–water partition coefficient (Wildman–Crippen LogP) is 4.16. The summed E-state index contributed by atoms with van der Waals surface area (Å²) in [5.41, 5.74) is 4.82. The summed E-state index contributed by atoms with van der Waals surface area (Å²) in [6.07, 6.45) is 0. The van der Waals surface area contributed by atoms with Crippen LogP contribution in [-0.4, -0.2) is 40.5 Å². The monoisotopic (exact) mass is 381 g/mol. The van der Waals surface area contributed by atoms with Gasteiger partial charge >= 0.3 is 0 Å². The van der Waals surface area contributed by atoms with Gasteiger partial charge in [-0.15, -0.1) is 0 Å². The zero-order chi connectivity index (χ0) is 19.0. The number of morpholine rings is 1. The molecule has 6 heteroatoms. The zero-order valence-corrected chi connectivity index (χ0v) is 16.4. The van der Waals surface area contributed by atoms with Gasteiger partial charge < -0.3 is 14.7 Å². The minimum absolute atomic E-state index is 0.169. The van der Waals surface area contributed by atoms with E-state index in [9.17, 15) is 5.11 Å². The average molecular weight is 382 g/mol. The van der Waals surface area contributed by atoms with Crippen molar-refractivity contribution in [1.29, 1.82) is 0 Å². The second kappa shape index (κ2) is 7.21. The lowest BCUT2D eigenvalue weighted by atomic mass is 10.2. The van der Waals surface area contributed by atoms with Crippen LogP contribution in [0.5, 0.6) is 5.88 Å². The molecule has 5 nitrogen and oxygen atoms in total. The highest BCUT2D eigenvalue weighted by molar-refractivity contribution is 7.71. The summed E-state index contributed by atoms with van der Waals surface area (Å²) in [4.78, 5) is 2.31. The fourth-order valence-electron chi connectivity index (χ4n) is 3.53. The Kier molecular flexibility index (Phi) is 4.76. The third-order valence-corrected chi connectivity index (χ3v) is 5.36. The quantitative estimate of drug-likeness (QED) is 0.692. The zero-order valence-electron chi connectivity index (χ0n) is 15.6. The van der Waals surface area contributed by atoms with Gasteiger partial charge in [-0.2, -0.15) is 0 Å². The molecule has 1 aromatic heterocycles. The van der Waals surface area contributed by atoms with Crippen molar-refractivity contribution in [3.05, 3.63) is 64.6 Å². The molecule has 27 heavy (non-hydrogen) atoms. The van der Waals surface area contributed by atoms with Crippen LogP contribution in [0.3, 0.4) is 0 Å². The van der Waals surface area contributed by atoms with Crippen molar-refractivity contribution in [2.45, 2.75) is 13.8 Å². The number of benzene rings is 2. The summed E-state index contributed by atoms with van der Waals surface area (Å²) in [6.45, 7) is 7.24. The Morgan fingerprint density at radius 3 is 2.22 bits per heavy atom. The number of aryl methyl sites for hydroxylation is 1. The molecule has 0 bridgehead atoms. The molecule has 0 spiro atoms. The molecule has 140 valence electrons. The van der Waals surface area contributed by atoms with E-state index in [1.165, 1.54) is 5.69 Å². The van der Waals surface area contributed by atoms with E-state index in [1.807, 2.05) is 54.8 Å². The van der Waals surface area contributed by atoms with Crippen molar-refractivity contribution in [1.82, 2.24) is 9.13 Å². The summed E-state index contributed by atoms with van der Waals surface area (Å²) in [5, 5.41) is 10.7. The van der Waals surface area contributed by atoms with Gasteiger partial charge in [0.2, 0.25) is 5.88 Å². The van der Waals surface area contributed by atoms with Crippen LogP contribution in [0.15, 0.2) is 48.5 Å². The molecule has 0 unspecified atom stereocenters. The van der Waals surface area contributed by atoms with E-state index >= 15 is 0 Å². The van der Waals surface area contributed by atoms with Crippen LogP contribution in [0.25, 0.3) is 11.4 Å². The molecular formula is C21H23N3O2S. The number of rotatable bonds is 3. The van der Waals surface area contributed by atoms with Crippen molar-refractivity contribution >= 4 is 17.9 Å². The van der Waals surface area contributed by atoms with Crippen molar-refractivity contribution in [3.63, 3.8) is 0 Å². The lowest BCUT2D eigenvalue weighted by molar-refractivity contribution is 0.122. The number of ether oxygens (including phenoxy) is 1. The second-order valence-electron chi connectivity index (χ2n) is 6.82. The van der Waals surface area contributed by atoms with Gasteiger partial charge in [-0.3, -0.25) is 9.13 Å². The average Bonchev–Trinajstić information content (AvgIpc) is 2.91. The third-order valence-electron chi connectivity index (χ3n) is 5.00. The molecule has 3 aromatic rings. The van der Waals surface area contributed by atoms with E-state index < -0.39 is 0 Å². The molecule has 0 atom stereocenters. The molecule has 4 rings (SSSR count). The van der Waals surface area contributed by atoms with Crippen LogP contribution in [-0.2, 0) is 4.74 Å². The van der Waals surface area contributed by atoms with Crippen LogP contribution in [0.1, 0.15) is 11.3 Å². The summed E-state index contributed by atoms with van der Waals surface area (Å²) in [7, 11) is 0. The maximum Gasteiger partial charge on any atom is 0.218 e. The molecule has 2 aromatic carbocycles. The lowest BCUT2D eigenvalue weighted by Crippen LogP contribution is -2.36. The highest BCUT2D eigenvalue weighted by atomic mass is 32.1. The van der Waals surface area contributed by atoms with Gasteiger partial charge in [0.05, 0.1) is 24.6 Å². The molecule has 1 fully saturated rings. The van der Waals surface area contributed by atoms with Crippen LogP contribution < -0.4 is 4.90 Å². The Bertz CT molecular complexity index is 1010. The van der Waals surface area contributed by atoms with Crippen molar-refractivity contribution < 1.29 is 9.84 Å². The first-order valence-corrected chi connectivity index (χ1v) is 9.50. The fraction of sp³-hybridized carbons (Fsp3) is 0.286. The van der Waals surface area contributed by atoms with Crippen molar-refractivity contribution in [3.8, 4) is 17.3 Å². The van der Waals surface area contributed by atoms with Crippen LogP contribution in [0, 0.1) is 18.6 Å². The van der Waals surface area contributed by atoms with Gasteiger partial charge in [-0.05, 0) is 68.0 Å². The Balaban J connectivity index is 1.74. The number of imidazole rings is 1. The number of hydrogen-bond acceptors (Lipinski definition) is 4. The van der Waals surface area contributed by atoms with Crippen LogP contribution in [0.4, 0.5) is 5.69 Å². The number of anilines is 1. The van der Waals surface area contributed by atoms with Gasteiger partial charge in [0.25, 0.3) is 0 Å². The lowest BCUT2D eigenvalue weighted by Gasteiger charge is -2.29. The molecule has 2 heterocycles. The number of aromatic hydroxyl groups is 1. The Morgan fingerprint density at radius 1 is 0.889 bits per heavy atom. The summed E-state index contributed by atoms with van der Waals surface area (Å²) < 4.78 is 9.60. The maximum atomic E-state index is 10.7. The molecule has 0 amide bonds. The molecule has 1 N–H and O–H groups in total. The molecule has 1 aliphatic rings. The molecule has 1 aliphatic heterocycles. The summed E-state index contributed by atoms with van der Waals surface area (Å²) in [6, 6.07) is 16.3. The molecule has 0 radical (unpaired) electrons. The molecular weight excluding hydrogens is 358 g/mol. The van der Waals surface area contributed by atoms with Gasteiger partial charge in [0.15, 0.2) is 4.77 Å². The fourth-order valence-corrected chi connectivity index (χ4v) is 3.97. The first kappa shape index (κ1) is 17.8. The first-order chi connectivity index (χ1) is 13.1. The highest BCUT2D eigenvalue weighted by Crippen LogP contribution is 2.29. The van der Waals surface area contributed by atoms with Gasteiger partial charge in [-0.1, -0.05) is 12.1 Å². The van der Waals surface area contributed by atoms with E-state index in [2.05, 4.69) is 17.0 Å². The molecule has 1 saturated heterocycles. The van der Waals surface area contributed by atoms with E-state index in [0.717, 1.165) is 48.9 Å². The largest absolute Gasteiger partial charge is 0.493 e. The number of hydrogen-bond donors (Lipinski definition) is 1. The SMILES string of the molecule is Cc1cccc(-n2c(O)c(C)n(-c3ccc(N4CCOCC4)cc3)c2=S)c1. The van der Waals surface area contributed by atoms with E-state index in [-0.39, 0.29) is 5.88 Å².